The van der Waals surface area contributed by atoms with Crippen molar-refractivity contribution in [3.05, 3.63) is 47.7 Å². The molecule has 6 rings (SSSR count). The van der Waals surface area contributed by atoms with Crippen LogP contribution in [0.15, 0.2) is 40.9 Å². The van der Waals surface area contributed by atoms with E-state index >= 15 is 0 Å². The molecular weight excluding hydrogens is 388 g/mol. The third-order valence-corrected chi connectivity index (χ3v) is 7.18. The maximum atomic E-state index is 13.7. The second kappa shape index (κ2) is 7.75. The molecule has 3 heterocycles. The Kier molecular flexibility index (Phi) is 4.75. The average molecular weight is 417 g/mol. The third kappa shape index (κ3) is 3.53. The van der Waals surface area contributed by atoms with E-state index in [0.717, 1.165) is 55.7 Å². The van der Waals surface area contributed by atoms with Gasteiger partial charge in [-0.15, -0.1) is 0 Å². The van der Waals surface area contributed by atoms with Gasteiger partial charge in [0.15, 0.2) is 0 Å². The fourth-order valence-corrected chi connectivity index (χ4v) is 5.25. The lowest BCUT2D eigenvalue weighted by Crippen LogP contribution is -2.51. The topological polar surface area (TPSA) is 62.5 Å². The number of hydrogen-bond acceptors (Lipinski definition) is 5. The standard InChI is InChI=1S/C25H28N4O2/c30-25(29-14-12-28(13-15-29)19-8-4-5-9-19)20-16-21(17-10-11-17)26-24-22(20)23(27-31-24)18-6-2-1-3-7-18/h1-3,6-7,16-17,19H,4-5,8-15H2. The van der Waals surface area contributed by atoms with Gasteiger partial charge in [0.1, 0.15) is 5.69 Å². The lowest BCUT2D eigenvalue weighted by molar-refractivity contribution is 0.0575. The van der Waals surface area contributed by atoms with Gasteiger partial charge in [-0.05, 0) is 31.7 Å². The van der Waals surface area contributed by atoms with E-state index in [-0.39, 0.29) is 5.91 Å². The number of piperazine rings is 1. The van der Waals surface area contributed by atoms with Crippen molar-refractivity contribution in [3.8, 4) is 11.3 Å². The Labute approximate surface area is 182 Å². The van der Waals surface area contributed by atoms with Gasteiger partial charge in [0.05, 0.1) is 10.9 Å². The van der Waals surface area contributed by atoms with E-state index in [2.05, 4.69) is 10.1 Å². The summed E-state index contributed by atoms with van der Waals surface area (Å²) in [6, 6.07) is 12.7. The first-order chi connectivity index (χ1) is 15.3. The van der Waals surface area contributed by atoms with Gasteiger partial charge in [0, 0.05) is 49.4 Å². The van der Waals surface area contributed by atoms with E-state index in [0.29, 0.717) is 28.9 Å². The fourth-order valence-electron chi connectivity index (χ4n) is 5.25. The highest BCUT2D eigenvalue weighted by Gasteiger charge is 2.32. The number of carbonyl (C=O) groups excluding carboxylic acids is 1. The number of rotatable bonds is 4. The van der Waals surface area contributed by atoms with Crippen molar-refractivity contribution in [1.82, 2.24) is 19.9 Å². The first-order valence-corrected chi connectivity index (χ1v) is 11.7. The minimum absolute atomic E-state index is 0.0840. The maximum absolute atomic E-state index is 13.7. The quantitative estimate of drug-likeness (QED) is 0.628. The fraction of sp³-hybridized carbons (Fsp3) is 0.480. The van der Waals surface area contributed by atoms with E-state index in [1.54, 1.807) is 0 Å². The van der Waals surface area contributed by atoms with Crippen LogP contribution in [0.1, 0.15) is 60.5 Å². The zero-order valence-electron chi connectivity index (χ0n) is 17.8. The second-order valence-corrected chi connectivity index (χ2v) is 9.21. The van der Waals surface area contributed by atoms with Gasteiger partial charge in [0.2, 0.25) is 0 Å². The molecule has 3 aromatic rings. The zero-order valence-corrected chi connectivity index (χ0v) is 17.8. The summed E-state index contributed by atoms with van der Waals surface area (Å²) in [6.45, 7) is 3.50. The largest absolute Gasteiger partial charge is 0.336 e. The van der Waals surface area contributed by atoms with E-state index < -0.39 is 0 Å². The SMILES string of the molecule is O=C(c1cc(C2CC2)nc2onc(-c3ccccc3)c12)N1CCN(C2CCCC2)CC1. The van der Waals surface area contributed by atoms with Crippen LogP contribution >= 0.6 is 0 Å². The number of fused-ring (bicyclic) bond motifs is 1. The van der Waals surface area contributed by atoms with E-state index in [1.807, 2.05) is 41.3 Å². The number of carbonyl (C=O) groups is 1. The first-order valence-electron chi connectivity index (χ1n) is 11.7. The molecule has 0 bridgehead atoms. The second-order valence-electron chi connectivity index (χ2n) is 9.21. The summed E-state index contributed by atoms with van der Waals surface area (Å²) in [7, 11) is 0. The molecule has 1 aromatic carbocycles. The van der Waals surface area contributed by atoms with Crippen molar-refractivity contribution in [1.29, 1.82) is 0 Å². The highest BCUT2D eigenvalue weighted by Crippen LogP contribution is 2.41. The van der Waals surface area contributed by atoms with Crippen molar-refractivity contribution in [2.45, 2.75) is 50.5 Å². The Bertz CT molecular complexity index is 1090. The minimum Gasteiger partial charge on any atom is -0.336 e. The van der Waals surface area contributed by atoms with Crippen LogP contribution in [-0.2, 0) is 0 Å². The molecule has 0 N–H and O–H groups in total. The lowest BCUT2D eigenvalue weighted by atomic mass is 10.0. The van der Waals surface area contributed by atoms with Gasteiger partial charge in [-0.1, -0.05) is 48.3 Å². The van der Waals surface area contributed by atoms with Crippen molar-refractivity contribution < 1.29 is 9.32 Å². The van der Waals surface area contributed by atoms with E-state index in [9.17, 15) is 4.79 Å². The zero-order chi connectivity index (χ0) is 20.8. The summed E-state index contributed by atoms with van der Waals surface area (Å²) in [5.41, 5.74) is 3.80. The number of benzene rings is 1. The van der Waals surface area contributed by atoms with E-state index in [4.69, 9.17) is 9.51 Å². The van der Waals surface area contributed by atoms with Gasteiger partial charge in [0.25, 0.3) is 11.6 Å². The predicted molar refractivity (Wildman–Crippen MR) is 119 cm³/mol. The van der Waals surface area contributed by atoms with Crippen molar-refractivity contribution in [3.63, 3.8) is 0 Å². The van der Waals surface area contributed by atoms with Crippen LogP contribution in [0.5, 0.6) is 0 Å². The molecule has 0 spiro atoms. The molecule has 1 amide bonds. The molecular formula is C25H28N4O2. The van der Waals surface area contributed by atoms with Crippen LogP contribution in [0.4, 0.5) is 0 Å². The molecule has 2 saturated carbocycles. The Morgan fingerprint density at radius 3 is 2.42 bits per heavy atom. The summed E-state index contributed by atoms with van der Waals surface area (Å²) in [4.78, 5) is 23.1. The molecule has 31 heavy (non-hydrogen) atoms. The molecule has 3 fully saturated rings. The van der Waals surface area contributed by atoms with Crippen LogP contribution in [0.2, 0.25) is 0 Å². The highest BCUT2D eigenvalue weighted by molar-refractivity contribution is 6.09. The highest BCUT2D eigenvalue weighted by atomic mass is 16.5. The molecule has 0 atom stereocenters. The van der Waals surface area contributed by atoms with Crippen molar-refractivity contribution >= 4 is 17.0 Å². The van der Waals surface area contributed by atoms with E-state index in [1.165, 1.54) is 25.7 Å². The molecule has 2 aromatic heterocycles. The van der Waals surface area contributed by atoms with Crippen molar-refractivity contribution in [2.24, 2.45) is 0 Å². The minimum atomic E-state index is 0.0840. The number of hydrogen-bond donors (Lipinski definition) is 0. The Morgan fingerprint density at radius 2 is 1.71 bits per heavy atom. The molecule has 160 valence electrons. The summed E-state index contributed by atoms with van der Waals surface area (Å²) in [6.07, 6.45) is 7.57. The van der Waals surface area contributed by atoms with Gasteiger partial charge in [-0.25, -0.2) is 4.98 Å². The molecule has 1 saturated heterocycles. The third-order valence-electron chi connectivity index (χ3n) is 7.18. The average Bonchev–Trinajstić information content (AvgIpc) is 3.36. The summed E-state index contributed by atoms with van der Waals surface area (Å²) in [5.74, 6) is 0.529. The summed E-state index contributed by atoms with van der Waals surface area (Å²) in [5, 5.41) is 5.07. The lowest BCUT2D eigenvalue weighted by Gasteiger charge is -2.38. The van der Waals surface area contributed by atoms with Crippen molar-refractivity contribution in [2.75, 3.05) is 26.2 Å². The van der Waals surface area contributed by atoms with Gasteiger partial charge in [-0.2, -0.15) is 0 Å². The Balaban J connectivity index is 1.34. The Hall–Kier alpha value is -2.73. The number of aromatic nitrogens is 2. The van der Waals surface area contributed by atoms with Crippen LogP contribution in [0.3, 0.4) is 0 Å². The molecule has 6 heteroatoms. The summed E-state index contributed by atoms with van der Waals surface area (Å²) >= 11 is 0. The van der Waals surface area contributed by atoms with Crippen LogP contribution < -0.4 is 0 Å². The van der Waals surface area contributed by atoms with Gasteiger partial charge >= 0.3 is 0 Å². The number of pyridine rings is 1. The molecule has 3 aliphatic rings. The predicted octanol–water partition coefficient (Wildman–Crippen LogP) is 4.47. The monoisotopic (exact) mass is 416 g/mol. The Morgan fingerprint density at radius 1 is 0.968 bits per heavy atom. The number of amides is 1. The first kappa shape index (κ1) is 19.0. The van der Waals surface area contributed by atoms with Gasteiger partial charge in [-0.3, -0.25) is 9.69 Å². The molecule has 2 aliphatic carbocycles. The van der Waals surface area contributed by atoms with Crippen LogP contribution in [-0.4, -0.2) is 58.1 Å². The van der Waals surface area contributed by atoms with Crippen LogP contribution in [0, 0.1) is 0 Å². The molecule has 0 radical (unpaired) electrons. The normalized spacial score (nSPS) is 20.6. The molecule has 1 aliphatic heterocycles. The maximum Gasteiger partial charge on any atom is 0.259 e. The summed E-state index contributed by atoms with van der Waals surface area (Å²) < 4.78 is 5.64. The van der Waals surface area contributed by atoms with Gasteiger partial charge < -0.3 is 9.42 Å². The smallest absolute Gasteiger partial charge is 0.259 e. The molecule has 0 unspecified atom stereocenters. The number of nitrogens with zero attached hydrogens (tertiary/aromatic N) is 4. The van der Waals surface area contributed by atoms with Crippen LogP contribution in [0.25, 0.3) is 22.4 Å². The molecule has 6 nitrogen and oxygen atoms in total.